The van der Waals surface area contributed by atoms with E-state index < -0.39 is 0 Å². The molecule has 0 unspecified atom stereocenters. The Morgan fingerprint density at radius 3 is 2.43 bits per heavy atom. The lowest BCUT2D eigenvalue weighted by Crippen LogP contribution is -2.14. The number of ether oxygens (including phenoxy) is 1. The smallest absolute Gasteiger partial charge is 0.138 e. The van der Waals surface area contributed by atoms with Gasteiger partial charge in [0.25, 0.3) is 0 Å². The molecular formula is C16H22N4O. The lowest BCUT2D eigenvalue weighted by atomic mass is 10.2. The van der Waals surface area contributed by atoms with Gasteiger partial charge in [-0.1, -0.05) is 6.92 Å². The largest absolute Gasteiger partial charge is 0.497 e. The van der Waals surface area contributed by atoms with Crippen molar-refractivity contribution >= 4 is 17.3 Å². The Hall–Kier alpha value is -2.30. The van der Waals surface area contributed by atoms with E-state index in [9.17, 15) is 0 Å². The summed E-state index contributed by atoms with van der Waals surface area (Å²) in [6.45, 7) is 4.95. The highest BCUT2D eigenvalue weighted by Crippen LogP contribution is 2.25. The van der Waals surface area contributed by atoms with E-state index in [1.54, 1.807) is 7.11 Å². The molecule has 21 heavy (non-hydrogen) atoms. The van der Waals surface area contributed by atoms with Crippen LogP contribution in [0.25, 0.3) is 0 Å². The molecule has 0 amide bonds. The lowest BCUT2D eigenvalue weighted by molar-refractivity contribution is 0.415. The van der Waals surface area contributed by atoms with Crippen molar-refractivity contribution in [3.63, 3.8) is 0 Å². The predicted octanol–water partition coefficient (Wildman–Crippen LogP) is 3.25. The van der Waals surface area contributed by atoms with E-state index >= 15 is 0 Å². The van der Waals surface area contributed by atoms with Crippen molar-refractivity contribution in [3.05, 3.63) is 36.2 Å². The standard InChI is InChI=1S/C16H22N4O/c1-5-14-18-15(17-6-2)11-16(19-14)20(3)12-7-9-13(21-4)10-8-12/h7-11H,5-6H2,1-4H3,(H,17,18,19). The summed E-state index contributed by atoms with van der Waals surface area (Å²) in [4.78, 5) is 11.1. The van der Waals surface area contributed by atoms with E-state index in [0.29, 0.717) is 0 Å². The van der Waals surface area contributed by atoms with Gasteiger partial charge in [0.1, 0.15) is 23.2 Å². The minimum Gasteiger partial charge on any atom is -0.497 e. The summed E-state index contributed by atoms with van der Waals surface area (Å²) in [5, 5.41) is 3.25. The first-order valence-electron chi connectivity index (χ1n) is 7.17. The van der Waals surface area contributed by atoms with Crippen LogP contribution < -0.4 is 15.0 Å². The third-order valence-electron chi connectivity index (χ3n) is 3.24. The fourth-order valence-electron chi connectivity index (χ4n) is 2.02. The predicted molar refractivity (Wildman–Crippen MR) is 86.6 cm³/mol. The molecule has 1 heterocycles. The Morgan fingerprint density at radius 1 is 1.14 bits per heavy atom. The first-order chi connectivity index (χ1) is 10.2. The quantitative estimate of drug-likeness (QED) is 0.883. The number of benzene rings is 1. The van der Waals surface area contributed by atoms with Gasteiger partial charge < -0.3 is 15.0 Å². The summed E-state index contributed by atoms with van der Waals surface area (Å²) in [5.74, 6) is 3.42. The van der Waals surface area contributed by atoms with Crippen LogP contribution in [0.4, 0.5) is 17.3 Å². The first kappa shape index (κ1) is 15.1. The number of rotatable bonds is 6. The number of nitrogens with zero attached hydrogens (tertiary/aromatic N) is 3. The van der Waals surface area contributed by atoms with E-state index in [-0.39, 0.29) is 0 Å². The second-order valence-electron chi connectivity index (χ2n) is 4.67. The van der Waals surface area contributed by atoms with E-state index in [4.69, 9.17) is 4.74 Å². The number of nitrogens with one attached hydrogen (secondary N) is 1. The van der Waals surface area contributed by atoms with Gasteiger partial charge in [0.05, 0.1) is 7.11 Å². The maximum Gasteiger partial charge on any atom is 0.138 e. The summed E-state index contributed by atoms with van der Waals surface area (Å²) >= 11 is 0. The normalized spacial score (nSPS) is 10.3. The molecule has 0 fully saturated rings. The van der Waals surface area contributed by atoms with Gasteiger partial charge in [0.2, 0.25) is 0 Å². The van der Waals surface area contributed by atoms with Crippen LogP contribution in [0.2, 0.25) is 0 Å². The maximum absolute atomic E-state index is 5.19. The van der Waals surface area contributed by atoms with Gasteiger partial charge in [0, 0.05) is 31.8 Å². The van der Waals surface area contributed by atoms with Crippen LogP contribution in [-0.2, 0) is 6.42 Å². The zero-order chi connectivity index (χ0) is 15.2. The maximum atomic E-state index is 5.19. The van der Waals surface area contributed by atoms with Crippen molar-refractivity contribution in [2.45, 2.75) is 20.3 Å². The summed E-state index contributed by atoms with van der Waals surface area (Å²) < 4.78 is 5.19. The van der Waals surface area contributed by atoms with Gasteiger partial charge >= 0.3 is 0 Å². The average molecular weight is 286 g/mol. The highest BCUT2D eigenvalue weighted by atomic mass is 16.5. The molecule has 2 rings (SSSR count). The van der Waals surface area contributed by atoms with Gasteiger partial charge in [-0.15, -0.1) is 0 Å². The average Bonchev–Trinajstić information content (AvgIpc) is 2.54. The number of hydrogen-bond acceptors (Lipinski definition) is 5. The highest BCUT2D eigenvalue weighted by molar-refractivity contribution is 5.62. The summed E-state index contributed by atoms with van der Waals surface area (Å²) in [7, 11) is 3.67. The van der Waals surface area contributed by atoms with Crippen LogP contribution in [-0.4, -0.2) is 30.7 Å². The van der Waals surface area contributed by atoms with Gasteiger partial charge in [-0.25, -0.2) is 9.97 Å². The molecule has 2 aromatic rings. The van der Waals surface area contributed by atoms with E-state index in [1.165, 1.54) is 0 Å². The van der Waals surface area contributed by atoms with Gasteiger partial charge in [-0.3, -0.25) is 0 Å². The lowest BCUT2D eigenvalue weighted by Gasteiger charge is -2.20. The molecule has 0 atom stereocenters. The first-order valence-corrected chi connectivity index (χ1v) is 7.17. The van der Waals surface area contributed by atoms with Gasteiger partial charge in [-0.2, -0.15) is 0 Å². The fourth-order valence-corrected chi connectivity index (χ4v) is 2.02. The van der Waals surface area contributed by atoms with Gasteiger partial charge in [-0.05, 0) is 31.2 Å². The molecule has 0 saturated carbocycles. The number of methoxy groups -OCH3 is 1. The summed E-state index contributed by atoms with van der Waals surface area (Å²) in [6, 6.07) is 9.88. The third kappa shape index (κ3) is 3.62. The molecule has 1 aromatic heterocycles. The molecular weight excluding hydrogens is 264 g/mol. The molecule has 0 saturated heterocycles. The summed E-state index contributed by atoms with van der Waals surface area (Å²) in [5.41, 5.74) is 1.05. The van der Waals surface area contributed by atoms with Gasteiger partial charge in [0.15, 0.2) is 0 Å². The van der Waals surface area contributed by atoms with Crippen LogP contribution in [0.15, 0.2) is 30.3 Å². The number of hydrogen-bond donors (Lipinski definition) is 1. The van der Waals surface area contributed by atoms with E-state index in [0.717, 1.165) is 41.9 Å². The van der Waals surface area contributed by atoms with E-state index in [2.05, 4.69) is 29.1 Å². The monoisotopic (exact) mass is 286 g/mol. The highest BCUT2D eigenvalue weighted by Gasteiger charge is 2.09. The molecule has 112 valence electrons. The van der Waals surface area contributed by atoms with E-state index in [1.807, 2.05) is 42.3 Å². The SMILES string of the molecule is CCNc1cc(N(C)c2ccc(OC)cc2)nc(CC)n1. The van der Waals surface area contributed by atoms with Crippen LogP contribution in [0.5, 0.6) is 5.75 Å². The Kier molecular flexibility index (Phi) is 4.98. The molecule has 1 N–H and O–H groups in total. The van der Waals surface area contributed by atoms with Crippen LogP contribution in [0.1, 0.15) is 19.7 Å². The number of anilines is 3. The minimum atomic E-state index is 0.808. The topological polar surface area (TPSA) is 50.3 Å². The third-order valence-corrected chi connectivity index (χ3v) is 3.24. The zero-order valence-electron chi connectivity index (χ0n) is 13.1. The molecule has 0 radical (unpaired) electrons. The fraction of sp³-hybridized carbons (Fsp3) is 0.375. The molecule has 0 spiro atoms. The molecule has 5 heteroatoms. The molecule has 0 aliphatic rings. The van der Waals surface area contributed by atoms with Crippen molar-refractivity contribution in [3.8, 4) is 5.75 Å². The Bertz CT molecular complexity index is 583. The summed E-state index contributed by atoms with van der Waals surface area (Å²) in [6.07, 6.45) is 0.808. The second kappa shape index (κ2) is 6.92. The van der Waals surface area contributed by atoms with Crippen molar-refractivity contribution in [2.24, 2.45) is 0 Å². The molecule has 0 bridgehead atoms. The van der Waals surface area contributed by atoms with Crippen molar-refractivity contribution < 1.29 is 4.74 Å². The van der Waals surface area contributed by atoms with Crippen LogP contribution in [0, 0.1) is 0 Å². The zero-order valence-corrected chi connectivity index (χ0v) is 13.1. The minimum absolute atomic E-state index is 0.808. The number of aryl methyl sites for hydroxylation is 1. The van der Waals surface area contributed by atoms with Crippen LogP contribution >= 0.6 is 0 Å². The molecule has 1 aromatic carbocycles. The second-order valence-corrected chi connectivity index (χ2v) is 4.67. The van der Waals surface area contributed by atoms with Crippen molar-refractivity contribution in [1.82, 2.24) is 9.97 Å². The Labute approximate surface area is 126 Å². The Morgan fingerprint density at radius 2 is 1.86 bits per heavy atom. The molecule has 0 aliphatic heterocycles. The Balaban J connectivity index is 2.31. The van der Waals surface area contributed by atoms with Crippen molar-refractivity contribution in [1.29, 1.82) is 0 Å². The van der Waals surface area contributed by atoms with Crippen molar-refractivity contribution in [2.75, 3.05) is 30.9 Å². The molecule has 0 aliphatic carbocycles. The molecule has 5 nitrogen and oxygen atoms in total. The van der Waals surface area contributed by atoms with Crippen LogP contribution in [0.3, 0.4) is 0 Å². The number of aromatic nitrogens is 2.